The van der Waals surface area contributed by atoms with Crippen molar-refractivity contribution in [3.63, 3.8) is 0 Å². The molecule has 1 aliphatic heterocycles. The molecule has 0 fully saturated rings. The molecule has 7 heavy (non-hydrogen) atoms. The quantitative estimate of drug-likeness (QED) is 0.402. The molecule has 1 aliphatic rings. The monoisotopic (exact) mass is 118 g/mol. The molecule has 3 nitrogen and oxygen atoms in total. The van der Waals surface area contributed by atoms with E-state index in [2.05, 4.69) is 5.32 Å². The number of hydrogen-bond acceptors (Lipinski definition) is 2. The highest BCUT2D eigenvalue weighted by Gasteiger charge is 2.03. The van der Waals surface area contributed by atoms with Crippen molar-refractivity contribution in [2.45, 2.75) is 0 Å². The van der Waals surface area contributed by atoms with Crippen LogP contribution in [0.15, 0.2) is 0 Å². The first-order valence-electron chi connectivity index (χ1n) is 1.86. The molecule has 0 radical (unpaired) electrons. The lowest BCUT2D eigenvalue weighted by Crippen LogP contribution is -2.16. The maximum atomic E-state index is 10.2. The summed E-state index contributed by atoms with van der Waals surface area (Å²) in [5, 5.41) is 9.38. The van der Waals surface area contributed by atoms with Crippen LogP contribution in [0.3, 0.4) is 0 Å². The van der Waals surface area contributed by atoms with Crippen LogP contribution in [0.1, 0.15) is 0 Å². The van der Waals surface area contributed by atoms with Crippen LogP contribution in [0.4, 0.5) is 0 Å². The Morgan fingerprint density at radius 3 is 2.86 bits per heavy atom. The summed E-state index contributed by atoms with van der Waals surface area (Å²) in [4.78, 5) is 10.2. The van der Waals surface area contributed by atoms with Crippen molar-refractivity contribution in [3.8, 4) is 0 Å². The summed E-state index contributed by atoms with van der Waals surface area (Å²) in [7, 11) is -0.289. The van der Waals surface area contributed by atoms with Gasteiger partial charge in [0.15, 0.2) is 0 Å². The Balaban J connectivity index is 2.67. The highest BCUT2D eigenvalue weighted by atomic mass is 32.2. The fraction of sp³-hybridized carbons (Fsp3) is 0.333. The van der Waals surface area contributed by atoms with E-state index >= 15 is 0 Å². The van der Waals surface area contributed by atoms with E-state index in [-0.39, 0.29) is 16.6 Å². The summed E-state index contributed by atoms with van der Waals surface area (Å²) in [6.45, 7) is 0. The first kappa shape index (κ1) is 4.80. The topological polar surface area (TPSA) is 55.1 Å². The minimum absolute atomic E-state index is 0.0363. The molecule has 0 bridgehead atoms. The predicted octanol–water partition coefficient (Wildman–Crippen LogP) is -0.982. The van der Waals surface area contributed by atoms with Gasteiger partial charge in [0.05, 0.1) is 5.88 Å². The predicted molar refractivity (Wildman–Crippen MR) is 30.9 cm³/mol. The Labute approximate surface area is 43.9 Å². The van der Waals surface area contributed by atoms with Crippen molar-refractivity contribution in [1.29, 1.82) is 0 Å². The molecule has 3 N–H and O–H groups in total. The number of rotatable bonds is 0. The number of carbonyl (C=O) groups excluding carboxylic acids is 1. The molecular formula is C3H6N2OS. The molecule has 1 atom stereocenters. The molecule has 40 valence electrons. The van der Waals surface area contributed by atoms with Crippen molar-refractivity contribution in [1.82, 2.24) is 5.32 Å². The second kappa shape index (κ2) is 1.63. The molecule has 0 saturated carbocycles. The lowest BCUT2D eigenvalue weighted by molar-refractivity contribution is -0.113. The van der Waals surface area contributed by atoms with E-state index in [4.69, 9.17) is 5.14 Å². The third-order valence-electron chi connectivity index (χ3n) is 0.671. The zero-order valence-electron chi connectivity index (χ0n) is 3.68. The number of carbonyl (C=O) groups is 1. The second-order valence-electron chi connectivity index (χ2n) is 1.27. The summed E-state index contributed by atoms with van der Waals surface area (Å²) in [5.74, 6) is 0.588. The van der Waals surface area contributed by atoms with Crippen molar-refractivity contribution < 1.29 is 4.79 Å². The highest BCUT2D eigenvalue weighted by Crippen LogP contribution is 1.99. The fourth-order valence-corrected chi connectivity index (χ4v) is 1.13. The van der Waals surface area contributed by atoms with E-state index in [0.29, 0.717) is 5.88 Å². The molecule has 1 amide bonds. The molecule has 0 spiro atoms. The smallest absolute Gasteiger partial charge is 0.251 e. The summed E-state index contributed by atoms with van der Waals surface area (Å²) >= 11 is 0. The van der Waals surface area contributed by atoms with Crippen LogP contribution in [0.5, 0.6) is 0 Å². The molecule has 0 saturated heterocycles. The average Bonchev–Trinajstić information content (AvgIpc) is 1.87. The third kappa shape index (κ3) is 1.01. The van der Waals surface area contributed by atoms with E-state index in [1.54, 1.807) is 0 Å². The van der Waals surface area contributed by atoms with Gasteiger partial charge in [-0.3, -0.25) is 9.93 Å². The number of nitrogens with one attached hydrogen (secondary N) is 1. The maximum Gasteiger partial charge on any atom is 0.251 e. The van der Waals surface area contributed by atoms with Gasteiger partial charge in [0.25, 0.3) is 5.91 Å². The molecule has 4 heteroatoms. The van der Waals surface area contributed by atoms with E-state index < -0.39 is 0 Å². The normalized spacial score (nSPS) is 29.3. The number of nitrogens with two attached hydrogens (primary N) is 1. The van der Waals surface area contributed by atoms with E-state index in [1.807, 2.05) is 0 Å². The lowest BCUT2D eigenvalue weighted by atomic mass is 10.7. The summed E-state index contributed by atoms with van der Waals surface area (Å²) in [6, 6.07) is 0. The van der Waals surface area contributed by atoms with E-state index in [9.17, 15) is 4.79 Å². The van der Waals surface area contributed by atoms with Crippen LogP contribution in [0.25, 0.3) is 0 Å². The average molecular weight is 118 g/mol. The Morgan fingerprint density at radius 1 is 2.00 bits per heavy atom. The summed E-state index contributed by atoms with van der Waals surface area (Å²) < 4.78 is 0. The van der Waals surface area contributed by atoms with Crippen LogP contribution in [-0.4, -0.2) is 17.2 Å². The summed E-state index contributed by atoms with van der Waals surface area (Å²) in [5.41, 5.74) is 0. The van der Waals surface area contributed by atoms with Gasteiger partial charge in [0, 0.05) is 5.37 Å². The van der Waals surface area contributed by atoms with Gasteiger partial charge < -0.3 is 5.32 Å². The molecule has 0 aromatic heterocycles. The van der Waals surface area contributed by atoms with Crippen LogP contribution >= 0.6 is 10.7 Å². The third-order valence-corrected chi connectivity index (χ3v) is 1.67. The van der Waals surface area contributed by atoms with Gasteiger partial charge >= 0.3 is 0 Å². The minimum atomic E-state index is -0.289. The van der Waals surface area contributed by atoms with Gasteiger partial charge in [-0.2, -0.15) is 0 Å². The van der Waals surface area contributed by atoms with E-state index in [0.717, 1.165) is 0 Å². The molecule has 1 heterocycles. The van der Waals surface area contributed by atoms with Crippen molar-refractivity contribution >= 4 is 21.9 Å². The molecule has 1 rings (SSSR count). The van der Waals surface area contributed by atoms with Crippen molar-refractivity contribution in [3.05, 3.63) is 0 Å². The standard InChI is InChI=1S/C3H6N2OS/c4-7-1-3(6)5-2-7/h1H,2,4H2,(H,5,6). The van der Waals surface area contributed by atoms with E-state index in [1.165, 1.54) is 5.37 Å². The van der Waals surface area contributed by atoms with Gasteiger partial charge in [-0.05, 0) is 0 Å². The van der Waals surface area contributed by atoms with Crippen molar-refractivity contribution in [2.24, 2.45) is 5.14 Å². The largest absolute Gasteiger partial charge is 0.342 e. The van der Waals surface area contributed by atoms with Gasteiger partial charge in [-0.25, -0.2) is 0 Å². The van der Waals surface area contributed by atoms with Gasteiger partial charge in [0.1, 0.15) is 0 Å². The Bertz CT molecular complexity index is 131. The molecule has 1 unspecified atom stereocenters. The first-order chi connectivity index (χ1) is 3.29. The Morgan fingerprint density at radius 2 is 2.71 bits per heavy atom. The van der Waals surface area contributed by atoms with Gasteiger partial charge in [-0.1, -0.05) is 10.7 Å². The SMILES string of the molecule is NS1=CC(=O)NC1. The molecule has 0 aromatic rings. The zero-order valence-corrected chi connectivity index (χ0v) is 4.49. The highest BCUT2D eigenvalue weighted by molar-refractivity contribution is 8.14. The minimum Gasteiger partial charge on any atom is -0.342 e. The number of amides is 1. The summed E-state index contributed by atoms with van der Waals surface area (Å²) in [6.07, 6.45) is 0. The first-order valence-corrected chi connectivity index (χ1v) is 3.38. The fourth-order valence-electron chi connectivity index (χ4n) is 0.375. The lowest BCUT2D eigenvalue weighted by Gasteiger charge is -1.86. The van der Waals surface area contributed by atoms with Crippen LogP contribution in [0, 0.1) is 0 Å². The maximum absolute atomic E-state index is 10.2. The molecule has 0 aliphatic carbocycles. The van der Waals surface area contributed by atoms with Gasteiger partial charge in [0.2, 0.25) is 0 Å². The molecular weight excluding hydrogens is 112 g/mol. The molecule has 0 aromatic carbocycles. The van der Waals surface area contributed by atoms with Crippen molar-refractivity contribution in [2.75, 3.05) is 5.88 Å². The van der Waals surface area contributed by atoms with Crippen LogP contribution in [0.2, 0.25) is 0 Å². The second-order valence-corrected chi connectivity index (χ2v) is 2.74. The Kier molecular flexibility index (Phi) is 1.12. The van der Waals surface area contributed by atoms with Crippen LogP contribution in [-0.2, 0) is 4.79 Å². The number of hydrogen-bond donors (Lipinski definition) is 2. The van der Waals surface area contributed by atoms with Crippen LogP contribution < -0.4 is 10.5 Å². The van der Waals surface area contributed by atoms with Gasteiger partial charge in [-0.15, -0.1) is 0 Å². The zero-order chi connectivity index (χ0) is 5.28. The Hall–Kier alpha value is -0.350.